The molecule has 0 fully saturated rings. The van der Waals surface area contributed by atoms with Crippen molar-refractivity contribution in [1.82, 2.24) is 19.7 Å². The Morgan fingerprint density at radius 3 is 2.50 bits per heavy atom. The average Bonchev–Trinajstić information content (AvgIpc) is 2.69. The van der Waals surface area contributed by atoms with E-state index in [0.29, 0.717) is 17.1 Å². The summed E-state index contributed by atoms with van der Waals surface area (Å²) in [7, 11) is 0. The van der Waals surface area contributed by atoms with Crippen LogP contribution in [-0.2, 0) is 0 Å². The third kappa shape index (κ3) is 4.06. The van der Waals surface area contributed by atoms with Crippen molar-refractivity contribution in [2.24, 2.45) is 0 Å². The van der Waals surface area contributed by atoms with Crippen LogP contribution in [0, 0.1) is 26.6 Å². The minimum atomic E-state index is -0.790. The molecule has 3 aromatic heterocycles. The molecule has 1 aromatic carbocycles. The van der Waals surface area contributed by atoms with E-state index in [2.05, 4.69) is 20.4 Å². The van der Waals surface area contributed by atoms with Crippen LogP contribution in [0.5, 0.6) is 0 Å². The summed E-state index contributed by atoms with van der Waals surface area (Å²) in [6, 6.07) is 8.73. The predicted molar refractivity (Wildman–Crippen MR) is 122 cm³/mol. The van der Waals surface area contributed by atoms with Crippen LogP contribution in [0.4, 0.5) is 10.1 Å². The van der Waals surface area contributed by atoms with Gasteiger partial charge in [-0.25, -0.2) is 19.0 Å². The van der Waals surface area contributed by atoms with E-state index < -0.39 is 22.8 Å². The Morgan fingerprint density at radius 2 is 1.81 bits per heavy atom. The zero-order chi connectivity index (χ0) is 23.2. The maximum Gasteiger partial charge on any atom is 0.280 e. The SMILES string of the molecule is Cc1cc(NC(=O)c2nn(-c3ccc(Cl)cc3F)c3cc(C)c(C)nc3c2=O)cc(Cl)n1. The number of anilines is 1. The molecule has 1 amide bonds. The second-order valence-corrected chi connectivity index (χ2v) is 8.04. The first kappa shape index (κ1) is 21.9. The zero-order valence-electron chi connectivity index (χ0n) is 17.2. The van der Waals surface area contributed by atoms with Crippen molar-refractivity contribution in [3.63, 3.8) is 0 Å². The Balaban J connectivity index is 1.95. The molecule has 0 aliphatic heterocycles. The number of hydrogen-bond donors (Lipinski definition) is 1. The molecule has 4 rings (SSSR count). The van der Waals surface area contributed by atoms with E-state index in [1.54, 1.807) is 26.0 Å². The van der Waals surface area contributed by atoms with Crippen molar-refractivity contribution >= 4 is 45.8 Å². The molecule has 162 valence electrons. The molecule has 0 bridgehead atoms. The van der Waals surface area contributed by atoms with Crippen LogP contribution in [0.2, 0.25) is 10.2 Å². The minimum absolute atomic E-state index is 0.00783. The summed E-state index contributed by atoms with van der Waals surface area (Å²) < 4.78 is 15.9. The molecule has 0 radical (unpaired) electrons. The summed E-state index contributed by atoms with van der Waals surface area (Å²) in [5, 5.41) is 7.16. The van der Waals surface area contributed by atoms with Crippen molar-refractivity contribution < 1.29 is 9.18 Å². The summed E-state index contributed by atoms with van der Waals surface area (Å²) in [5.41, 5.74) is 1.44. The van der Waals surface area contributed by atoms with Gasteiger partial charge in [0.25, 0.3) is 5.91 Å². The quantitative estimate of drug-likeness (QED) is 0.433. The topological polar surface area (TPSA) is 89.8 Å². The molecule has 32 heavy (non-hydrogen) atoms. The van der Waals surface area contributed by atoms with Crippen LogP contribution in [0.15, 0.2) is 41.2 Å². The zero-order valence-corrected chi connectivity index (χ0v) is 18.7. The van der Waals surface area contributed by atoms with E-state index in [9.17, 15) is 14.0 Å². The first-order chi connectivity index (χ1) is 15.1. The van der Waals surface area contributed by atoms with Gasteiger partial charge in [-0.15, -0.1) is 0 Å². The van der Waals surface area contributed by atoms with Crippen molar-refractivity contribution in [1.29, 1.82) is 0 Å². The number of carbonyl (C=O) groups excluding carboxylic acids is 1. The van der Waals surface area contributed by atoms with Gasteiger partial charge in [0, 0.05) is 22.1 Å². The molecule has 0 saturated heterocycles. The molecule has 0 aliphatic carbocycles. The van der Waals surface area contributed by atoms with Gasteiger partial charge in [0.1, 0.15) is 22.2 Å². The van der Waals surface area contributed by atoms with Crippen LogP contribution < -0.4 is 10.7 Å². The second-order valence-electron chi connectivity index (χ2n) is 7.22. The number of nitrogens with one attached hydrogen (secondary N) is 1. The number of aromatic nitrogens is 4. The van der Waals surface area contributed by atoms with Gasteiger partial charge in [-0.05, 0) is 62.7 Å². The summed E-state index contributed by atoms with van der Waals surface area (Å²) in [4.78, 5) is 34.5. The van der Waals surface area contributed by atoms with Crippen molar-refractivity contribution in [3.8, 4) is 5.69 Å². The first-order valence-corrected chi connectivity index (χ1v) is 10.2. The maximum absolute atomic E-state index is 14.7. The molecule has 0 unspecified atom stereocenters. The number of carbonyl (C=O) groups is 1. The summed E-state index contributed by atoms with van der Waals surface area (Å²) in [6.45, 7) is 5.26. The second kappa shape index (κ2) is 8.29. The van der Waals surface area contributed by atoms with E-state index in [1.807, 2.05) is 6.92 Å². The lowest BCUT2D eigenvalue weighted by molar-refractivity contribution is 0.102. The number of benzene rings is 1. The Bertz CT molecular complexity index is 1450. The number of amides is 1. The fraction of sp³-hybridized carbons (Fsp3) is 0.136. The van der Waals surface area contributed by atoms with Gasteiger partial charge >= 0.3 is 0 Å². The maximum atomic E-state index is 14.7. The third-order valence-electron chi connectivity index (χ3n) is 4.84. The van der Waals surface area contributed by atoms with Crippen LogP contribution in [-0.4, -0.2) is 25.7 Å². The average molecular weight is 472 g/mol. The smallest absolute Gasteiger partial charge is 0.280 e. The van der Waals surface area contributed by atoms with E-state index in [0.717, 1.165) is 11.6 Å². The highest BCUT2D eigenvalue weighted by Crippen LogP contribution is 2.23. The van der Waals surface area contributed by atoms with Gasteiger partial charge in [0.15, 0.2) is 5.69 Å². The normalized spacial score (nSPS) is 11.1. The molecule has 10 heteroatoms. The lowest BCUT2D eigenvalue weighted by Crippen LogP contribution is -2.28. The van der Waals surface area contributed by atoms with E-state index in [-0.39, 0.29) is 26.9 Å². The first-order valence-electron chi connectivity index (χ1n) is 9.46. The predicted octanol–water partition coefficient (Wildman–Crippen LogP) is 4.80. The number of rotatable bonds is 3. The molecular formula is C22H16Cl2FN5O2. The number of pyridine rings is 2. The Kier molecular flexibility index (Phi) is 5.66. The standard InChI is InChI=1S/C22H16Cl2FN5O2/c1-10-6-17-19(27-12(10)3)21(31)20(22(32)28-14-7-11(2)26-18(24)9-14)29-30(17)16-5-4-13(23)8-15(16)25/h4-9H,1-3H3,(H,26,28,32). The van der Waals surface area contributed by atoms with Crippen LogP contribution in [0.25, 0.3) is 16.7 Å². The summed E-state index contributed by atoms with van der Waals surface area (Å²) in [6.07, 6.45) is 0. The van der Waals surface area contributed by atoms with Gasteiger partial charge in [-0.3, -0.25) is 9.59 Å². The molecular weight excluding hydrogens is 456 g/mol. The molecule has 4 aromatic rings. The highest BCUT2D eigenvalue weighted by Gasteiger charge is 2.21. The molecule has 0 saturated carbocycles. The van der Waals surface area contributed by atoms with E-state index >= 15 is 0 Å². The van der Waals surface area contributed by atoms with Gasteiger partial charge in [0.05, 0.1) is 5.52 Å². The summed E-state index contributed by atoms with van der Waals surface area (Å²) in [5.74, 6) is -1.46. The fourth-order valence-corrected chi connectivity index (χ4v) is 3.62. The lowest BCUT2D eigenvalue weighted by atomic mass is 10.1. The largest absolute Gasteiger partial charge is 0.320 e. The van der Waals surface area contributed by atoms with Gasteiger partial charge in [0.2, 0.25) is 5.43 Å². The highest BCUT2D eigenvalue weighted by atomic mass is 35.5. The highest BCUT2D eigenvalue weighted by molar-refractivity contribution is 6.30. The molecule has 0 aliphatic rings. The van der Waals surface area contributed by atoms with Crippen LogP contribution >= 0.6 is 23.2 Å². The third-order valence-corrected chi connectivity index (χ3v) is 5.27. The van der Waals surface area contributed by atoms with E-state index in [1.165, 1.54) is 22.9 Å². The number of fused-ring (bicyclic) bond motifs is 1. The molecule has 7 nitrogen and oxygen atoms in total. The lowest BCUT2D eigenvalue weighted by Gasteiger charge is -2.14. The summed E-state index contributed by atoms with van der Waals surface area (Å²) >= 11 is 11.8. The number of hydrogen-bond acceptors (Lipinski definition) is 5. The number of aryl methyl sites for hydroxylation is 3. The molecule has 0 spiro atoms. The Morgan fingerprint density at radius 1 is 1.06 bits per heavy atom. The van der Waals surface area contributed by atoms with Gasteiger partial charge in [-0.2, -0.15) is 5.10 Å². The number of halogens is 3. The fourth-order valence-electron chi connectivity index (χ4n) is 3.21. The van der Waals surface area contributed by atoms with Crippen LogP contribution in [0.1, 0.15) is 27.4 Å². The molecule has 1 N–H and O–H groups in total. The molecule has 3 heterocycles. The van der Waals surface area contributed by atoms with Crippen molar-refractivity contribution in [2.75, 3.05) is 5.32 Å². The van der Waals surface area contributed by atoms with Gasteiger partial charge < -0.3 is 5.32 Å². The van der Waals surface area contributed by atoms with E-state index in [4.69, 9.17) is 23.2 Å². The number of nitrogens with zero attached hydrogens (tertiary/aromatic N) is 4. The van der Waals surface area contributed by atoms with Crippen molar-refractivity contribution in [2.45, 2.75) is 20.8 Å². The van der Waals surface area contributed by atoms with Gasteiger partial charge in [-0.1, -0.05) is 23.2 Å². The molecule has 0 atom stereocenters. The monoisotopic (exact) mass is 471 g/mol. The Labute approximate surface area is 191 Å². The van der Waals surface area contributed by atoms with Crippen molar-refractivity contribution in [3.05, 3.63) is 85.3 Å². The van der Waals surface area contributed by atoms with Crippen LogP contribution in [0.3, 0.4) is 0 Å². The minimum Gasteiger partial charge on any atom is -0.320 e. The Hall–Kier alpha value is -3.36.